The lowest BCUT2D eigenvalue weighted by molar-refractivity contribution is 0.0384. The van der Waals surface area contributed by atoms with Crippen molar-refractivity contribution in [3.63, 3.8) is 0 Å². The predicted molar refractivity (Wildman–Crippen MR) is 68.6 cm³/mol. The molecule has 0 heterocycles. The van der Waals surface area contributed by atoms with Crippen LogP contribution in [0.25, 0.3) is 0 Å². The van der Waals surface area contributed by atoms with E-state index in [0.717, 1.165) is 24.7 Å². The summed E-state index contributed by atoms with van der Waals surface area (Å²) in [4.78, 5) is 0. The Morgan fingerprint density at radius 2 is 1.83 bits per heavy atom. The van der Waals surface area contributed by atoms with Gasteiger partial charge in [0.15, 0.2) is 0 Å². The predicted octanol–water partition coefficient (Wildman–Crippen LogP) is 2.10. The minimum Gasteiger partial charge on any atom is -0.373 e. The number of rotatable bonds is 5. The zero-order chi connectivity index (χ0) is 13.0. The van der Waals surface area contributed by atoms with Crippen molar-refractivity contribution in [2.45, 2.75) is 38.1 Å². The fourth-order valence-electron chi connectivity index (χ4n) is 2.17. The van der Waals surface area contributed by atoms with E-state index in [-0.39, 0.29) is 12.2 Å². The second-order valence-corrected chi connectivity index (χ2v) is 6.25. The summed E-state index contributed by atoms with van der Waals surface area (Å²) in [5.74, 6) is 0. The van der Waals surface area contributed by atoms with E-state index in [0.29, 0.717) is 13.0 Å². The molecule has 1 fully saturated rings. The van der Waals surface area contributed by atoms with Crippen molar-refractivity contribution in [2.24, 2.45) is 0 Å². The van der Waals surface area contributed by atoms with Gasteiger partial charge in [0.25, 0.3) is 10.1 Å². The Kier molecular flexibility index (Phi) is 4.37. The summed E-state index contributed by atoms with van der Waals surface area (Å²) < 4.78 is 32.8. The minimum atomic E-state index is -3.35. The highest BCUT2D eigenvalue weighted by Crippen LogP contribution is 2.26. The molecule has 5 heteroatoms. The SMILES string of the molecule is CS(=O)(=O)OC1CCC(OCc2ccccc2)C1. The van der Waals surface area contributed by atoms with Gasteiger partial charge in [0.05, 0.1) is 25.1 Å². The zero-order valence-corrected chi connectivity index (χ0v) is 11.2. The molecule has 2 rings (SSSR count). The van der Waals surface area contributed by atoms with Crippen molar-refractivity contribution in [1.82, 2.24) is 0 Å². The molecular formula is C13H18O4S. The maximum absolute atomic E-state index is 11.0. The van der Waals surface area contributed by atoms with Crippen LogP contribution < -0.4 is 0 Å². The van der Waals surface area contributed by atoms with Gasteiger partial charge in [-0.1, -0.05) is 30.3 Å². The molecule has 2 unspecified atom stereocenters. The lowest BCUT2D eigenvalue weighted by Crippen LogP contribution is -2.16. The topological polar surface area (TPSA) is 52.6 Å². The molecule has 1 saturated carbocycles. The molecule has 0 saturated heterocycles. The van der Waals surface area contributed by atoms with Gasteiger partial charge in [0.2, 0.25) is 0 Å². The van der Waals surface area contributed by atoms with Gasteiger partial charge < -0.3 is 4.74 Å². The van der Waals surface area contributed by atoms with Gasteiger partial charge in [0, 0.05) is 6.42 Å². The monoisotopic (exact) mass is 270 g/mol. The van der Waals surface area contributed by atoms with Crippen LogP contribution in [0.3, 0.4) is 0 Å². The normalized spacial score (nSPS) is 24.3. The lowest BCUT2D eigenvalue weighted by Gasteiger charge is -2.12. The third-order valence-electron chi connectivity index (χ3n) is 2.98. The molecular weight excluding hydrogens is 252 g/mol. The van der Waals surface area contributed by atoms with E-state index in [4.69, 9.17) is 8.92 Å². The third-order valence-corrected chi connectivity index (χ3v) is 3.60. The van der Waals surface area contributed by atoms with Crippen molar-refractivity contribution < 1.29 is 17.3 Å². The average molecular weight is 270 g/mol. The second kappa shape index (κ2) is 5.82. The molecule has 0 radical (unpaired) electrons. The fraction of sp³-hybridized carbons (Fsp3) is 0.538. The van der Waals surface area contributed by atoms with Crippen LogP contribution >= 0.6 is 0 Å². The third kappa shape index (κ3) is 4.40. The number of hydrogen-bond acceptors (Lipinski definition) is 4. The molecule has 0 aliphatic heterocycles. The molecule has 2 atom stereocenters. The van der Waals surface area contributed by atoms with Crippen molar-refractivity contribution >= 4 is 10.1 Å². The fourth-order valence-corrected chi connectivity index (χ4v) is 2.84. The number of ether oxygens (including phenoxy) is 1. The Balaban J connectivity index is 1.76. The minimum absolute atomic E-state index is 0.0944. The van der Waals surface area contributed by atoms with Gasteiger partial charge in [-0.3, -0.25) is 4.18 Å². The van der Waals surface area contributed by atoms with E-state index in [1.807, 2.05) is 30.3 Å². The first-order valence-corrected chi connectivity index (χ1v) is 7.88. The molecule has 0 N–H and O–H groups in total. The Morgan fingerprint density at radius 3 is 2.50 bits per heavy atom. The summed E-state index contributed by atoms with van der Waals surface area (Å²) in [5, 5.41) is 0. The van der Waals surface area contributed by atoms with Gasteiger partial charge in [0.1, 0.15) is 0 Å². The highest BCUT2D eigenvalue weighted by atomic mass is 32.2. The maximum atomic E-state index is 11.0. The molecule has 1 aromatic carbocycles. The Morgan fingerprint density at radius 1 is 1.17 bits per heavy atom. The van der Waals surface area contributed by atoms with E-state index < -0.39 is 10.1 Å². The molecule has 0 spiro atoms. The van der Waals surface area contributed by atoms with E-state index in [1.165, 1.54) is 0 Å². The van der Waals surface area contributed by atoms with Crippen LogP contribution in [0, 0.1) is 0 Å². The van der Waals surface area contributed by atoms with Gasteiger partial charge in [-0.15, -0.1) is 0 Å². The molecule has 4 nitrogen and oxygen atoms in total. The van der Waals surface area contributed by atoms with Crippen LogP contribution in [0.1, 0.15) is 24.8 Å². The molecule has 1 aromatic rings. The Hall–Kier alpha value is -0.910. The van der Waals surface area contributed by atoms with Crippen LogP contribution in [0.4, 0.5) is 0 Å². The van der Waals surface area contributed by atoms with Crippen LogP contribution in [0.15, 0.2) is 30.3 Å². The van der Waals surface area contributed by atoms with E-state index in [2.05, 4.69) is 0 Å². The van der Waals surface area contributed by atoms with Gasteiger partial charge in [-0.05, 0) is 18.4 Å². The molecule has 0 aromatic heterocycles. The zero-order valence-electron chi connectivity index (χ0n) is 10.4. The summed E-state index contributed by atoms with van der Waals surface area (Å²) in [7, 11) is -3.35. The first kappa shape index (κ1) is 13.5. The summed E-state index contributed by atoms with van der Waals surface area (Å²) in [6.45, 7) is 0.567. The molecule has 100 valence electrons. The van der Waals surface area contributed by atoms with Gasteiger partial charge in [-0.25, -0.2) is 0 Å². The Labute approximate surface area is 108 Å². The number of hydrogen-bond donors (Lipinski definition) is 0. The molecule has 0 amide bonds. The first-order valence-electron chi connectivity index (χ1n) is 6.07. The van der Waals surface area contributed by atoms with Crippen LogP contribution in [0.2, 0.25) is 0 Å². The van der Waals surface area contributed by atoms with Crippen LogP contribution in [-0.2, 0) is 25.6 Å². The lowest BCUT2D eigenvalue weighted by atomic mass is 10.2. The van der Waals surface area contributed by atoms with Crippen molar-refractivity contribution in [2.75, 3.05) is 6.26 Å². The first-order chi connectivity index (χ1) is 8.53. The molecule has 1 aliphatic carbocycles. The maximum Gasteiger partial charge on any atom is 0.264 e. The number of benzene rings is 1. The summed E-state index contributed by atoms with van der Waals surface area (Å²) in [6, 6.07) is 9.94. The standard InChI is InChI=1S/C13H18O4S/c1-18(14,15)17-13-8-7-12(9-13)16-10-11-5-3-2-4-6-11/h2-6,12-13H,7-10H2,1H3. The smallest absolute Gasteiger partial charge is 0.264 e. The van der Waals surface area contributed by atoms with Gasteiger partial charge in [-0.2, -0.15) is 8.42 Å². The Bertz CT molecular complexity index is 469. The van der Waals surface area contributed by atoms with Crippen LogP contribution in [0.5, 0.6) is 0 Å². The average Bonchev–Trinajstić information content (AvgIpc) is 2.73. The van der Waals surface area contributed by atoms with E-state index >= 15 is 0 Å². The molecule has 0 bridgehead atoms. The second-order valence-electron chi connectivity index (χ2n) is 4.65. The van der Waals surface area contributed by atoms with Crippen molar-refractivity contribution in [3.05, 3.63) is 35.9 Å². The summed E-state index contributed by atoms with van der Waals surface area (Å²) in [6.07, 6.45) is 3.21. The van der Waals surface area contributed by atoms with Crippen molar-refractivity contribution in [1.29, 1.82) is 0 Å². The molecule has 1 aliphatic rings. The highest BCUT2D eigenvalue weighted by molar-refractivity contribution is 7.86. The summed E-state index contributed by atoms with van der Waals surface area (Å²) in [5.41, 5.74) is 1.13. The van der Waals surface area contributed by atoms with E-state index in [1.54, 1.807) is 0 Å². The summed E-state index contributed by atoms with van der Waals surface area (Å²) >= 11 is 0. The van der Waals surface area contributed by atoms with Crippen molar-refractivity contribution in [3.8, 4) is 0 Å². The quantitative estimate of drug-likeness (QED) is 0.769. The largest absolute Gasteiger partial charge is 0.373 e. The van der Waals surface area contributed by atoms with Gasteiger partial charge >= 0.3 is 0 Å². The van der Waals surface area contributed by atoms with E-state index in [9.17, 15) is 8.42 Å². The van der Waals surface area contributed by atoms with Crippen LogP contribution in [-0.4, -0.2) is 26.9 Å². The molecule has 18 heavy (non-hydrogen) atoms. The highest BCUT2D eigenvalue weighted by Gasteiger charge is 2.28.